The van der Waals surface area contributed by atoms with Crippen LogP contribution < -0.4 is 9.47 Å². The van der Waals surface area contributed by atoms with E-state index in [-0.39, 0.29) is 0 Å². The predicted octanol–water partition coefficient (Wildman–Crippen LogP) is 5.42. The third-order valence-corrected chi connectivity index (χ3v) is 4.26. The van der Waals surface area contributed by atoms with E-state index in [1.165, 1.54) is 5.56 Å². The van der Waals surface area contributed by atoms with Crippen molar-refractivity contribution < 1.29 is 9.47 Å². The average Bonchev–Trinajstić information content (AvgIpc) is 2.47. The first-order chi connectivity index (χ1) is 10.1. The molecule has 0 spiro atoms. The summed E-state index contributed by atoms with van der Waals surface area (Å²) in [5.41, 5.74) is 3.59. The van der Waals surface area contributed by atoms with E-state index in [4.69, 9.17) is 9.47 Å². The Morgan fingerprint density at radius 1 is 0.905 bits per heavy atom. The molecule has 2 rings (SSSR count). The summed E-state index contributed by atoms with van der Waals surface area (Å²) >= 11 is 6.88. The van der Waals surface area contributed by atoms with Gasteiger partial charge in [-0.05, 0) is 54.8 Å². The van der Waals surface area contributed by atoms with E-state index in [0.29, 0.717) is 13.2 Å². The summed E-state index contributed by atoms with van der Waals surface area (Å²) in [6.07, 6.45) is 0. The molecular formula is C17H18Br2O2. The number of benzene rings is 2. The minimum Gasteiger partial charge on any atom is -0.490 e. The molecule has 21 heavy (non-hydrogen) atoms. The van der Waals surface area contributed by atoms with Gasteiger partial charge in [-0.2, -0.15) is 0 Å². The first kappa shape index (κ1) is 16.4. The highest BCUT2D eigenvalue weighted by Crippen LogP contribution is 2.25. The van der Waals surface area contributed by atoms with Crippen LogP contribution in [0.3, 0.4) is 0 Å². The molecule has 0 radical (unpaired) electrons. The summed E-state index contributed by atoms with van der Waals surface area (Å²) < 4.78 is 12.6. The van der Waals surface area contributed by atoms with E-state index in [2.05, 4.69) is 57.8 Å². The Morgan fingerprint density at radius 3 is 2.05 bits per heavy atom. The van der Waals surface area contributed by atoms with Crippen molar-refractivity contribution in [3.63, 3.8) is 0 Å². The van der Waals surface area contributed by atoms with Crippen LogP contribution in [-0.2, 0) is 5.33 Å². The third-order valence-electron chi connectivity index (χ3n) is 3.09. The van der Waals surface area contributed by atoms with Crippen molar-refractivity contribution in [2.75, 3.05) is 13.2 Å². The van der Waals surface area contributed by atoms with E-state index in [9.17, 15) is 0 Å². The van der Waals surface area contributed by atoms with Crippen LogP contribution in [0.1, 0.15) is 16.7 Å². The van der Waals surface area contributed by atoms with Crippen LogP contribution in [0.4, 0.5) is 0 Å². The quantitative estimate of drug-likeness (QED) is 0.465. The van der Waals surface area contributed by atoms with Gasteiger partial charge in [-0.15, -0.1) is 0 Å². The van der Waals surface area contributed by atoms with Gasteiger partial charge >= 0.3 is 0 Å². The van der Waals surface area contributed by atoms with E-state index < -0.39 is 0 Å². The van der Waals surface area contributed by atoms with E-state index in [0.717, 1.165) is 32.4 Å². The number of alkyl halides is 1. The summed E-state index contributed by atoms with van der Waals surface area (Å²) in [6.45, 7) is 5.21. The van der Waals surface area contributed by atoms with Gasteiger partial charge in [0.05, 0.1) is 0 Å². The normalized spacial score (nSPS) is 10.5. The molecule has 0 saturated heterocycles. The number of hydrogen-bond donors (Lipinski definition) is 0. The fourth-order valence-corrected chi connectivity index (χ4v) is 2.77. The van der Waals surface area contributed by atoms with E-state index in [1.807, 2.05) is 24.3 Å². The summed E-state index contributed by atoms with van der Waals surface area (Å²) in [5.74, 6) is 1.81. The second-order valence-electron chi connectivity index (χ2n) is 4.84. The second kappa shape index (κ2) is 7.85. The van der Waals surface area contributed by atoms with Crippen molar-refractivity contribution >= 4 is 31.9 Å². The summed E-state index contributed by atoms with van der Waals surface area (Å²) in [5, 5.41) is 0.863. The molecule has 0 aliphatic rings. The van der Waals surface area contributed by atoms with E-state index >= 15 is 0 Å². The Kier molecular flexibility index (Phi) is 6.12. The lowest BCUT2D eigenvalue weighted by Gasteiger charge is -2.14. The highest BCUT2D eigenvalue weighted by molar-refractivity contribution is 9.10. The molecule has 112 valence electrons. The minimum absolute atomic E-state index is 0.528. The van der Waals surface area contributed by atoms with Gasteiger partial charge in [0, 0.05) is 9.80 Å². The monoisotopic (exact) mass is 412 g/mol. The van der Waals surface area contributed by atoms with Crippen molar-refractivity contribution in [3.8, 4) is 11.5 Å². The highest BCUT2D eigenvalue weighted by Gasteiger charge is 2.06. The fraction of sp³-hybridized carbons (Fsp3) is 0.294. The molecule has 0 saturated carbocycles. The van der Waals surface area contributed by atoms with Crippen molar-refractivity contribution in [3.05, 3.63) is 57.6 Å². The van der Waals surface area contributed by atoms with Crippen molar-refractivity contribution in [2.45, 2.75) is 19.2 Å². The van der Waals surface area contributed by atoms with Crippen LogP contribution in [0.25, 0.3) is 0 Å². The smallest absolute Gasteiger partial charge is 0.125 e. The Balaban J connectivity index is 1.87. The molecule has 0 fully saturated rings. The average molecular weight is 414 g/mol. The second-order valence-corrected chi connectivity index (χ2v) is 6.32. The molecule has 4 heteroatoms. The van der Waals surface area contributed by atoms with Crippen molar-refractivity contribution in [1.82, 2.24) is 0 Å². The SMILES string of the molecule is Cc1cc(CBr)cc(C)c1OCCOc1ccc(Br)cc1. The fourth-order valence-electron chi connectivity index (χ4n) is 2.18. The van der Waals surface area contributed by atoms with Gasteiger partial charge in [0.25, 0.3) is 0 Å². The van der Waals surface area contributed by atoms with Gasteiger partial charge in [-0.1, -0.05) is 44.0 Å². The molecule has 0 bridgehead atoms. The molecule has 2 aromatic carbocycles. The summed E-state index contributed by atoms with van der Waals surface area (Å²) in [4.78, 5) is 0. The number of aryl methyl sites for hydroxylation is 2. The minimum atomic E-state index is 0.528. The van der Waals surface area contributed by atoms with Crippen LogP contribution in [-0.4, -0.2) is 13.2 Å². The molecule has 0 aliphatic carbocycles. The maximum atomic E-state index is 5.86. The Bertz CT molecular complexity index is 571. The largest absolute Gasteiger partial charge is 0.490 e. The highest BCUT2D eigenvalue weighted by atomic mass is 79.9. The number of rotatable bonds is 6. The Hall–Kier alpha value is -1.000. The lowest BCUT2D eigenvalue weighted by Crippen LogP contribution is -2.10. The molecule has 0 N–H and O–H groups in total. The number of halogens is 2. The zero-order chi connectivity index (χ0) is 15.2. The summed E-state index contributed by atoms with van der Waals surface area (Å²) in [7, 11) is 0. The molecule has 2 aromatic rings. The van der Waals surface area contributed by atoms with Crippen LogP contribution >= 0.6 is 31.9 Å². The lowest BCUT2D eigenvalue weighted by molar-refractivity contribution is 0.215. The van der Waals surface area contributed by atoms with Gasteiger partial charge in [0.15, 0.2) is 0 Å². The first-order valence-corrected chi connectivity index (χ1v) is 8.69. The van der Waals surface area contributed by atoms with Gasteiger partial charge in [-0.3, -0.25) is 0 Å². The summed E-state index contributed by atoms with van der Waals surface area (Å²) in [6, 6.07) is 12.1. The Morgan fingerprint density at radius 2 is 1.48 bits per heavy atom. The third kappa shape index (κ3) is 4.75. The van der Waals surface area contributed by atoms with Gasteiger partial charge in [-0.25, -0.2) is 0 Å². The standard InChI is InChI=1S/C17H18Br2O2/c1-12-9-14(11-18)10-13(2)17(12)21-8-7-20-16-5-3-15(19)4-6-16/h3-6,9-10H,7-8,11H2,1-2H3. The Labute approximate surface area is 142 Å². The number of hydrogen-bond acceptors (Lipinski definition) is 2. The zero-order valence-electron chi connectivity index (χ0n) is 12.2. The molecule has 0 aromatic heterocycles. The molecule has 2 nitrogen and oxygen atoms in total. The topological polar surface area (TPSA) is 18.5 Å². The number of ether oxygens (including phenoxy) is 2. The van der Waals surface area contributed by atoms with Gasteiger partial charge in [0.2, 0.25) is 0 Å². The lowest BCUT2D eigenvalue weighted by atomic mass is 10.1. The van der Waals surface area contributed by atoms with Crippen LogP contribution in [0, 0.1) is 13.8 Å². The van der Waals surface area contributed by atoms with Crippen LogP contribution in [0.15, 0.2) is 40.9 Å². The van der Waals surface area contributed by atoms with Crippen LogP contribution in [0.2, 0.25) is 0 Å². The predicted molar refractivity (Wildman–Crippen MR) is 93.7 cm³/mol. The van der Waals surface area contributed by atoms with Crippen molar-refractivity contribution in [2.24, 2.45) is 0 Å². The molecule has 0 aliphatic heterocycles. The van der Waals surface area contributed by atoms with Crippen LogP contribution in [0.5, 0.6) is 11.5 Å². The zero-order valence-corrected chi connectivity index (χ0v) is 15.3. The maximum absolute atomic E-state index is 5.86. The molecule has 0 unspecified atom stereocenters. The first-order valence-electron chi connectivity index (χ1n) is 6.77. The maximum Gasteiger partial charge on any atom is 0.125 e. The van der Waals surface area contributed by atoms with Gasteiger partial charge in [0.1, 0.15) is 24.7 Å². The van der Waals surface area contributed by atoms with Gasteiger partial charge < -0.3 is 9.47 Å². The molecule has 0 heterocycles. The molecule has 0 amide bonds. The van der Waals surface area contributed by atoms with E-state index in [1.54, 1.807) is 0 Å². The molecular weight excluding hydrogens is 396 g/mol. The molecule has 0 atom stereocenters. The van der Waals surface area contributed by atoms with Crippen molar-refractivity contribution in [1.29, 1.82) is 0 Å².